The first kappa shape index (κ1) is 19.0. The van der Waals surface area contributed by atoms with Gasteiger partial charge in [0.15, 0.2) is 6.23 Å². The fraction of sp³-hybridized carbons (Fsp3) is 0.429. The fourth-order valence-electron chi connectivity index (χ4n) is 4.37. The SMILES string of the molecule is Cc1ncnc2c1ccn2C1O[C@H]([C@@H]2OCCCc3cc(Cl)ccc32)[C@@H](O)[C@H]1O. The molecule has 0 saturated carbocycles. The summed E-state index contributed by atoms with van der Waals surface area (Å²) in [5.41, 5.74) is 3.53. The van der Waals surface area contributed by atoms with Crippen LogP contribution in [0.1, 0.15) is 35.6 Å². The van der Waals surface area contributed by atoms with Gasteiger partial charge in [-0.3, -0.25) is 0 Å². The second kappa shape index (κ2) is 7.34. The van der Waals surface area contributed by atoms with Crippen molar-refractivity contribution in [2.24, 2.45) is 0 Å². The van der Waals surface area contributed by atoms with Gasteiger partial charge in [0.25, 0.3) is 0 Å². The Kier molecular flexibility index (Phi) is 4.80. The van der Waals surface area contributed by atoms with Crippen LogP contribution in [0.3, 0.4) is 0 Å². The maximum absolute atomic E-state index is 10.9. The van der Waals surface area contributed by atoms with Crippen molar-refractivity contribution in [3.63, 3.8) is 0 Å². The first-order valence-electron chi connectivity index (χ1n) is 9.74. The Morgan fingerprint density at radius 2 is 2.03 bits per heavy atom. The molecule has 8 heteroatoms. The van der Waals surface area contributed by atoms with Crippen molar-refractivity contribution >= 4 is 22.6 Å². The summed E-state index contributed by atoms with van der Waals surface area (Å²) < 4.78 is 14.0. The average molecular weight is 416 g/mol. The van der Waals surface area contributed by atoms with E-state index in [1.165, 1.54) is 6.33 Å². The lowest BCUT2D eigenvalue weighted by atomic mass is 9.94. The monoisotopic (exact) mass is 415 g/mol. The number of halogens is 1. The Labute approximate surface area is 172 Å². The van der Waals surface area contributed by atoms with Gasteiger partial charge < -0.3 is 24.3 Å². The number of nitrogens with zero attached hydrogens (tertiary/aromatic N) is 3. The van der Waals surface area contributed by atoms with Gasteiger partial charge in [-0.2, -0.15) is 0 Å². The first-order valence-corrected chi connectivity index (χ1v) is 10.1. The van der Waals surface area contributed by atoms with Crippen LogP contribution in [0.4, 0.5) is 0 Å². The average Bonchev–Trinajstić information content (AvgIpc) is 3.18. The lowest BCUT2D eigenvalue weighted by Crippen LogP contribution is -2.35. The number of aromatic nitrogens is 3. The topological polar surface area (TPSA) is 89.6 Å². The number of ether oxygens (including phenoxy) is 2. The van der Waals surface area contributed by atoms with E-state index in [1.807, 2.05) is 31.2 Å². The minimum atomic E-state index is -1.12. The molecule has 4 heterocycles. The number of benzene rings is 1. The van der Waals surface area contributed by atoms with E-state index in [4.69, 9.17) is 21.1 Å². The summed E-state index contributed by atoms with van der Waals surface area (Å²) in [4.78, 5) is 8.54. The minimum absolute atomic E-state index is 0.488. The van der Waals surface area contributed by atoms with Crippen LogP contribution in [0, 0.1) is 6.92 Å². The Balaban J connectivity index is 1.51. The number of hydrogen-bond donors (Lipinski definition) is 2. The molecular formula is C21H22ClN3O4. The van der Waals surface area contributed by atoms with Gasteiger partial charge in [0, 0.05) is 23.2 Å². The van der Waals surface area contributed by atoms with E-state index in [-0.39, 0.29) is 0 Å². The van der Waals surface area contributed by atoms with Crippen molar-refractivity contribution in [3.8, 4) is 0 Å². The number of aliphatic hydroxyl groups is 2. The van der Waals surface area contributed by atoms with Gasteiger partial charge in [-0.05, 0) is 49.1 Å². The molecule has 2 N–H and O–H groups in total. The highest BCUT2D eigenvalue weighted by Gasteiger charge is 2.49. The van der Waals surface area contributed by atoms with Crippen LogP contribution in [-0.2, 0) is 15.9 Å². The summed E-state index contributed by atoms with van der Waals surface area (Å²) in [6, 6.07) is 7.56. The van der Waals surface area contributed by atoms with Crippen LogP contribution in [0.5, 0.6) is 0 Å². The van der Waals surface area contributed by atoms with E-state index < -0.39 is 30.6 Å². The normalized spacial score (nSPS) is 29.7. The van der Waals surface area contributed by atoms with Gasteiger partial charge in [0.2, 0.25) is 0 Å². The van der Waals surface area contributed by atoms with E-state index in [0.717, 1.165) is 35.0 Å². The summed E-state index contributed by atoms with van der Waals surface area (Å²) >= 11 is 6.17. The van der Waals surface area contributed by atoms with Crippen LogP contribution >= 0.6 is 11.6 Å². The highest BCUT2D eigenvalue weighted by Crippen LogP contribution is 2.41. The van der Waals surface area contributed by atoms with Gasteiger partial charge in [-0.1, -0.05) is 17.7 Å². The molecule has 5 rings (SSSR count). The smallest absolute Gasteiger partial charge is 0.164 e. The highest BCUT2D eigenvalue weighted by atomic mass is 35.5. The largest absolute Gasteiger partial charge is 0.387 e. The van der Waals surface area contributed by atoms with E-state index in [1.54, 1.807) is 10.8 Å². The zero-order valence-electron chi connectivity index (χ0n) is 15.9. The molecule has 29 heavy (non-hydrogen) atoms. The second-order valence-electron chi connectivity index (χ2n) is 7.63. The quantitative estimate of drug-likeness (QED) is 0.669. The summed E-state index contributed by atoms with van der Waals surface area (Å²) in [5.74, 6) is 0. The number of aliphatic hydroxyl groups excluding tert-OH is 2. The van der Waals surface area contributed by atoms with Crippen LogP contribution < -0.4 is 0 Å². The number of hydrogen-bond acceptors (Lipinski definition) is 6. The zero-order valence-corrected chi connectivity index (χ0v) is 16.7. The molecule has 2 aliphatic rings. The molecule has 1 fully saturated rings. The number of rotatable bonds is 2. The Morgan fingerprint density at radius 3 is 2.90 bits per heavy atom. The standard InChI is InChI=1S/C21H22ClN3O4/c1-11-14-6-7-25(20(14)24-10-23-11)21-17(27)16(26)19(29-21)18-15-5-4-13(22)9-12(15)3-2-8-28-18/h4-7,9-10,16-19,21,26-27H,2-3,8H2,1H3/t16-,17+,18+,19-,21?/m0/s1. The van der Waals surface area contributed by atoms with Crippen molar-refractivity contribution in [1.29, 1.82) is 0 Å². The van der Waals surface area contributed by atoms with Crippen LogP contribution in [0.2, 0.25) is 5.02 Å². The van der Waals surface area contributed by atoms with E-state index in [9.17, 15) is 10.2 Å². The second-order valence-corrected chi connectivity index (χ2v) is 8.07. The molecule has 1 aromatic carbocycles. The van der Waals surface area contributed by atoms with Crippen LogP contribution in [0.25, 0.3) is 11.0 Å². The van der Waals surface area contributed by atoms with Crippen molar-refractivity contribution < 1.29 is 19.7 Å². The molecule has 1 unspecified atom stereocenters. The van der Waals surface area contributed by atoms with E-state index in [0.29, 0.717) is 17.3 Å². The highest BCUT2D eigenvalue weighted by molar-refractivity contribution is 6.30. The summed E-state index contributed by atoms with van der Waals surface area (Å²) in [5, 5.41) is 23.2. The summed E-state index contributed by atoms with van der Waals surface area (Å²) in [6.45, 7) is 2.45. The number of fused-ring (bicyclic) bond motifs is 2. The third-order valence-corrected chi connectivity index (χ3v) is 6.09. The Bertz CT molecular complexity index is 1060. The third kappa shape index (κ3) is 3.14. The molecule has 3 aromatic rings. The molecule has 2 aromatic heterocycles. The predicted molar refractivity (Wildman–Crippen MR) is 107 cm³/mol. The molecule has 2 aliphatic heterocycles. The maximum Gasteiger partial charge on any atom is 0.164 e. The molecular weight excluding hydrogens is 394 g/mol. The van der Waals surface area contributed by atoms with Gasteiger partial charge in [-0.15, -0.1) is 0 Å². The maximum atomic E-state index is 10.9. The minimum Gasteiger partial charge on any atom is -0.387 e. The summed E-state index contributed by atoms with van der Waals surface area (Å²) in [6.07, 6.45) is 0.793. The van der Waals surface area contributed by atoms with Crippen molar-refractivity contribution in [2.75, 3.05) is 6.61 Å². The summed E-state index contributed by atoms with van der Waals surface area (Å²) in [7, 11) is 0. The molecule has 5 atom stereocenters. The fourth-order valence-corrected chi connectivity index (χ4v) is 4.57. The van der Waals surface area contributed by atoms with Crippen molar-refractivity contribution in [1.82, 2.24) is 14.5 Å². The van der Waals surface area contributed by atoms with E-state index in [2.05, 4.69) is 9.97 Å². The van der Waals surface area contributed by atoms with Crippen LogP contribution in [-0.4, -0.2) is 49.7 Å². The first-order chi connectivity index (χ1) is 14.0. The molecule has 0 aliphatic carbocycles. The van der Waals surface area contributed by atoms with Gasteiger partial charge >= 0.3 is 0 Å². The molecule has 0 radical (unpaired) electrons. The van der Waals surface area contributed by atoms with Gasteiger partial charge in [-0.25, -0.2) is 9.97 Å². The lowest BCUT2D eigenvalue weighted by molar-refractivity contribution is -0.108. The predicted octanol–water partition coefficient (Wildman–Crippen LogP) is 2.72. The Hall–Kier alpha value is -2.03. The molecule has 7 nitrogen and oxygen atoms in total. The van der Waals surface area contributed by atoms with Crippen LogP contribution in [0.15, 0.2) is 36.8 Å². The molecule has 0 amide bonds. The van der Waals surface area contributed by atoms with E-state index >= 15 is 0 Å². The Morgan fingerprint density at radius 1 is 1.17 bits per heavy atom. The molecule has 152 valence electrons. The zero-order chi connectivity index (χ0) is 20.1. The molecule has 1 saturated heterocycles. The number of aryl methyl sites for hydroxylation is 2. The van der Waals surface area contributed by atoms with Gasteiger partial charge in [0.05, 0.1) is 5.69 Å². The van der Waals surface area contributed by atoms with Crippen molar-refractivity contribution in [2.45, 2.75) is 50.4 Å². The van der Waals surface area contributed by atoms with Gasteiger partial charge in [0.1, 0.15) is 36.4 Å². The molecule has 0 bridgehead atoms. The van der Waals surface area contributed by atoms with Crippen molar-refractivity contribution in [3.05, 3.63) is 58.6 Å². The lowest BCUT2D eigenvalue weighted by Gasteiger charge is -2.26. The molecule has 0 spiro atoms. The third-order valence-electron chi connectivity index (χ3n) is 5.86.